The van der Waals surface area contributed by atoms with Crippen molar-refractivity contribution in [3.63, 3.8) is 0 Å². The van der Waals surface area contributed by atoms with Crippen LogP contribution in [0.5, 0.6) is 11.5 Å². The van der Waals surface area contributed by atoms with Crippen LogP contribution in [0.1, 0.15) is 65.2 Å². The Morgan fingerprint density at radius 1 is 0.882 bits per heavy atom. The number of nitrogens with zero attached hydrogens (tertiary/aromatic N) is 2. The zero-order chi connectivity index (χ0) is 24.2. The first-order valence-electron chi connectivity index (χ1n) is 11.9. The van der Waals surface area contributed by atoms with Crippen LogP contribution in [0, 0.1) is 41.6 Å². The fourth-order valence-corrected chi connectivity index (χ4v) is 7.15. The van der Waals surface area contributed by atoms with Gasteiger partial charge in [0.15, 0.2) is 0 Å². The number of benzene rings is 1. The maximum absolute atomic E-state index is 12.9. The van der Waals surface area contributed by atoms with Crippen molar-refractivity contribution >= 4 is 35.5 Å². The van der Waals surface area contributed by atoms with E-state index in [2.05, 4.69) is 18.7 Å². The van der Waals surface area contributed by atoms with Gasteiger partial charge in [-0.05, 0) is 75.3 Å². The van der Waals surface area contributed by atoms with Crippen molar-refractivity contribution < 1.29 is 19.1 Å². The van der Waals surface area contributed by atoms with E-state index in [0.29, 0.717) is 37.4 Å². The number of rotatable bonds is 4. The average molecular weight is 497 g/mol. The molecule has 0 radical (unpaired) electrons. The molecule has 2 aliphatic carbocycles. The molecule has 2 fully saturated rings. The molecule has 0 saturated heterocycles. The summed E-state index contributed by atoms with van der Waals surface area (Å²) in [6.07, 6.45) is 7.34. The largest absolute Gasteiger partial charge is 0.425 e. The van der Waals surface area contributed by atoms with Gasteiger partial charge in [-0.25, -0.2) is 10.1 Å². The second-order valence-corrected chi connectivity index (χ2v) is 11.8. The van der Waals surface area contributed by atoms with Gasteiger partial charge in [0.05, 0.1) is 38.5 Å². The molecule has 0 bridgehead atoms. The highest BCUT2D eigenvalue weighted by molar-refractivity contribution is 8.24. The van der Waals surface area contributed by atoms with Crippen molar-refractivity contribution in [2.24, 2.45) is 23.7 Å². The van der Waals surface area contributed by atoms with E-state index in [1.807, 2.05) is 6.07 Å². The van der Waals surface area contributed by atoms with E-state index in [0.717, 1.165) is 51.4 Å². The summed E-state index contributed by atoms with van der Waals surface area (Å²) >= 11 is 2.45. The Balaban J connectivity index is 1.58. The van der Waals surface area contributed by atoms with Gasteiger partial charge in [-0.3, -0.25) is 9.59 Å². The Labute approximate surface area is 209 Å². The average Bonchev–Trinajstić information content (AvgIpc) is 3.28. The Morgan fingerprint density at radius 3 is 1.65 bits per heavy atom. The fourth-order valence-electron chi connectivity index (χ4n) is 4.67. The van der Waals surface area contributed by atoms with Crippen LogP contribution in [-0.4, -0.2) is 11.9 Å². The van der Waals surface area contributed by atoms with Gasteiger partial charge in [0.2, 0.25) is 0 Å². The summed E-state index contributed by atoms with van der Waals surface area (Å²) in [6.45, 7) is 11.7. The van der Waals surface area contributed by atoms with Gasteiger partial charge in [0.1, 0.15) is 11.5 Å². The first kappa shape index (κ1) is 24.7. The fraction of sp³-hybridized carbons (Fsp3) is 0.538. The summed E-state index contributed by atoms with van der Waals surface area (Å²) in [6, 6.07) is 5.25. The van der Waals surface area contributed by atoms with Crippen molar-refractivity contribution in [2.75, 3.05) is 0 Å². The van der Waals surface area contributed by atoms with Crippen LogP contribution in [0.15, 0.2) is 31.9 Å². The normalized spacial score (nSPS) is 26.1. The summed E-state index contributed by atoms with van der Waals surface area (Å²) in [5.74, 6) is 1.31. The number of allylic oxidation sites excluding steroid dienone is 1. The maximum atomic E-state index is 12.9. The minimum Gasteiger partial charge on any atom is -0.425 e. The number of fused-ring (bicyclic) bond motifs is 1. The lowest BCUT2D eigenvalue weighted by molar-refractivity contribution is -0.141. The van der Waals surface area contributed by atoms with Crippen LogP contribution in [-0.2, 0) is 9.59 Å². The second kappa shape index (κ2) is 10.9. The molecule has 1 aliphatic heterocycles. The number of nitriles is 1. The van der Waals surface area contributed by atoms with E-state index in [1.54, 1.807) is 12.1 Å². The van der Waals surface area contributed by atoms with Crippen LogP contribution in [0.25, 0.3) is 4.85 Å². The molecule has 34 heavy (non-hydrogen) atoms. The van der Waals surface area contributed by atoms with Crippen LogP contribution in [0.4, 0.5) is 0 Å². The van der Waals surface area contributed by atoms with Crippen LogP contribution in [0.3, 0.4) is 0 Å². The molecule has 1 aromatic carbocycles. The maximum Gasteiger partial charge on any atom is 0.314 e. The molecule has 4 rings (SSSR count). The Hall–Kier alpha value is -2.42. The van der Waals surface area contributed by atoms with E-state index in [4.69, 9.17) is 16.0 Å². The van der Waals surface area contributed by atoms with Crippen molar-refractivity contribution in [2.45, 2.75) is 75.0 Å². The van der Waals surface area contributed by atoms with Gasteiger partial charge in [0, 0.05) is 0 Å². The molecule has 0 amide bonds. The number of ether oxygens (including phenoxy) is 2. The first-order valence-corrected chi connectivity index (χ1v) is 13.5. The lowest BCUT2D eigenvalue weighted by Gasteiger charge is -2.25. The standard InChI is InChI=1S/C26H28N2O4S2/c1-15-4-8-17(9-5-15)24(29)31-20-12-13-21(32-25(30)18-10-6-16(2)7-11-18)23-22(20)33-26(34-23)19(14-27)28-3/h12-13,15-18H,4-11H2,1-2H3. The molecule has 2 saturated carbocycles. The number of hydrogen-bond donors (Lipinski definition) is 0. The third-order valence-electron chi connectivity index (χ3n) is 6.96. The van der Waals surface area contributed by atoms with Gasteiger partial charge in [0.25, 0.3) is 5.70 Å². The number of hydrogen-bond acceptors (Lipinski definition) is 7. The first-order chi connectivity index (χ1) is 16.4. The highest BCUT2D eigenvalue weighted by Crippen LogP contribution is 2.59. The predicted molar refractivity (Wildman–Crippen MR) is 131 cm³/mol. The molecule has 1 aromatic rings. The van der Waals surface area contributed by atoms with Crippen LogP contribution in [0.2, 0.25) is 0 Å². The molecule has 0 atom stereocenters. The molecule has 178 valence electrons. The zero-order valence-electron chi connectivity index (χ0n) is 19.5. The summed E-state index contributed by atoms with van der Waals surface area (Å²) < 4.78 is 12.1. The van der Waals surface area contributed by atoms with Gasteiger partial charge in [-0.2, -0.15) is 0 Å². The van der Waals surface area contributed by atoms with Crippen molar-refractivity contribution in [1.82, 2.24) is 0 Å². The SMILES string of the molecule is [C-]#[N+]C(C#N)=C1Sc2c(OC(=O)C3CCC(C)CC3)ccc(OC(=O)C3CCC(C)CC3)c2S1. The minimum absolute atomic E-state index is 0.0247. The number of carbonyl (C=O) groups excluding carboxylic acids is 2. The van der Waals surface area contributed by atoms with E-state index >= 15 is 0 Å². The number of thioether (sulfide) groups is 2. The molecular formula is C26H28N2O4S2. The van der Waals surface area contributed by atoms with E-state index in [9.17, 15) is 14.9 Å². The highest BCUT2D eigenvalue weighted by atomic mass is 32.2. The third-order valence-corrected chi connectivity index (χ3v) is 9.57. The predicted octanol–water partition coefficient (Wildman–Crippen LogP) is 6.96. The molecule has 6 nitrogen and oxygen atoms in total. The number of esters is 2. The van der Waals surface area contributed by atoms with Crippen molar-refractivity contribution in [3.8, 4) is 17.6 Å². The Morgan fingerprint density at radius 2 is 1.29 bits per heavy atom. The smallest absolute Gasteiger partial charge is 0.314 e. The zero-order valence-corrected chi connectivity index (χ0v) is 21.1. The van der Waals surface area contributed by atoms with Crippen LogP contribution >= 0.6 is 23.5 Å². The minimum atomic E-state index is -0.246. The monoisotopic (exact) mass is 496 g/mol. The topological polar surface area (TPSA) is 80.8 Å². The molecular weight excluding hydrogens is 468 g/mol. The van der Waals surface area contributed by atoms with E-state index in [1.165, 1.54) is 23.5 Å². The molecule has 8 heteroatoms. The van der Waals surface area contributed by atoms with Gasteiger partial charge in [-0.1, -0.05) is 37.4 Å². The molecule has 1 heterocycles. The van der Waals surface area contributed by atoms with Gasteiger partial charge in [-0.15, -0.1) is 0 Å². The lowest BCUT2D eigenvalue weighted by atomic mass is 9.83. The molecule has 0 spiro atoms. The summed E-state index contributed by atoms with van der Waals surface area (Å²) in [5.41, 5.74) is -0.0247. The van der Waals surface area contributed by atoms with Gasteiger partial charge < -0.3 is 9.47 Å². The molecule has 0 N–H and O–H groups in total. The van der Waals surface area contributed by atoms with Gasteiger partial charge >= 0.3 is 11.9 Å². The van der Waals surface area contributed by atoms with Crippen molar-refractivity contribution in [3.05, 3.63) is 33.5 Å². The lowest BCUT2D eigenvalue weighted by Crippen LogP contribution is -2.25. The number of carbonyl (C=O) groups is 2. The van der Waals surface area contributed by atoms with E-state index < -0.39 is 0 Å². The summed E-state index contributed by atoms with van der Waals surface area (Å²) in [4.78, 5) is 30.3. The van der Waals surface area contributed by atoms with E-state index in [-0.39, 0.29) is 29.5 Å². The van der Waals surface area contributed by atoms with Crippen molar-refractivity contribution in [1.29, 1.82) is 5.26 Å². The quantitative estimate of drug-likeness (QED) is 0.193. The Kier molecular flexibility index (Phi) is 7.91. The summed E-state index contributed by atoms with van der Waals surface area (Å²) in [7, 11) is 0. The summed E-state index contributed by atoms with van der Waals surface area (Å²) in [5, 5.41) is 9.36. The second-order valence-electron chi connectivity index (χ2n) is 9.54. The molecule has 0 unspecified atom stereocenters. The Bertz CT molecular complexity index is 1000. The molecule has 3 aliphatic rings. The molecule has 0 aromatic heterocycles. The highest BCUT2D eigenvalue weighted by Gasteiger charge is 2.33. The third kappa shape index (κ3) is 5.45. The van der Waals surface area contributed by atoms with Crippen LogP contribution < -0.4 is 9.47 Å².